The summed E-state index contributed by atoms with van der Waals surface area (Å²) in [5.74, 6) is -0.754. The van der Waals surface area contributed by atoms with Crippen LogP contribution in [0.1, 0.15) is 36.0 Å². The summed E-state index contributed by atoms with van der Waals surface area (Å²) in [5.41, 5.74) is 5.85. The number of anilines is 1. The summed E-state index contributed by atoms with van der Waals surface area (Å²) in [6.07, 6.45) is 4.79. The maximum absolute atomic E-state index is 13.2. The van der Waals surface area contributed by atoms with Gasteiger partial charge < -0.3 is 16.0 Å². The Balaban J connectivity index is 1.78. The molecule has 0 bridgehead atoms. The van der Waals surface area contributed by atoms with E-state index in [1.54, 1.807) is 0 Å². The van der Waals surface area contributed by atoms with Gasteiger partial charge in [0.05, 0.1) is 11.3 Å². The van der Waals surface area contributed by atoms with Crippen LogP contribution in [0.3, 0.4) is 0 Å². The van der Waals surface area contributed by atoms with Gasteiger partial charge in [-0.3, -0.25) is 4.79 Å². The minimum atomic E-state index is -0.525. The van der Waals surface area contributed by atoms with Gasteiger partial charge in [0.25, 0.3) is 5.91 Å². The summed E-state index contributed by atoms with van der Waals surface area (Å²) in [6, 6.07) is 2.58. The van der Waals surface area contributed by atoms with Crippen molar-refractivity contribution in [1.29, 1.82) is 0 Å². The highest BCUT2D eigenvalue weighted by Crippen LogP contribution is 2.22. The lowest BCUT2D eigenvalue weighted by Gasteiger charge is -2.26. The van der Waals surface area contributed by atoms with Crippen molar-refractivity contribution in [3.63, 3.8) is 0 Å². The number of halogens is 2. The van der Waals surface area contributed by atoms with E-state index in [4.69, 9.17) is 5.73 Å². The third kappa shape index (κ3) is 4.68. The van der Waals surface area contributed by atoms with E-state index >= 15 is 0 Å². The highest BCUT2D eigenvalue weighted by Gasteiger charge is 2.13. The van der Waals surface area contributed by atoms with Crippen LogP contribution in [0, 0.1) is 5.82 Å². The zero-order valence-electron chi connectivity index (χ0n) is 12.0. The van der Waals surface area contributed by atoms with E-state index in [-0.39, 0.29) is 11.6 Å². The zero-order chi connectivity index (χ0) is 15.2. The van der Waals surface area contributed by atoms with Gasteiger partial charge in [0.15, 0.2) is 0 Å². The molecule has 6 heteroatoms. The van der Waals surface area contributed by atoms with Crippen LogP contribution in [-0.2, 0) is 0 Å². The zero-order valence-corrected chi connectivity index (χ0v) is 13.6. The Labute approximate surface area is 133 Å². The van der Waals surface area contributed by atoms with Gasteiger partial charge in [0.2, 0.25) is 0 Å². The van der Waals surface area contributed by atoms with Crippen LogP contribution in [0.5, 0.6) is 0 Å². The smallest absolute Gasteiger partial charge is 0.252 e. The molecule has 1 aliphatic heterocycles. The molecule has 1 heterocycles. The van der Waals surface area contributed by atoms with Crippen molar-refractivity contribution in [3.8, 4) is 0 Å². The number of hydrogen-bond donors (Lipinski definition) is 2. The van der Waals surface area contributed by atoms with Crippen LogP contribution in [0.4, 0.5) is 10.1 Å². The van der Waals surface area contributed by atoms with Crippen molar-refractivity contribution >= 4 is 27.5 Å². The number of carbonyl (C=O) groups is 1. The SMILES string of the molecule is Nc1cc(C(=O)NCCCN2CCCCC2)c(Br)cc1F. The van der Waals surface area contributed by atoms with Gasteiger partial charge in [0.1, 0.15) is 5.82 Å². The molecule has 1 aliphatic rings. The molecule has 0 spiro atoms. The highest BCUT2D eigenvalue weighted by molar-refractivity contribution is 9.10. The summed E-state index contributed by atoms with van der Waals surface area (Å²) < 4.78 is 13.7. The molecule has 1 fully saturated rings. The predicted octanol–water partition coefficient (Wildman–Crippen LogP) is 2.78. The van der Waals surface area contributed by atoms with Gasteiger partial charge in [-0.05, 0) is 67.0 Å². The Hall–Kier alpha value is -1.14. The Morgan fingerprint density at radius 3 is 2.76 bits per heavy atom. The molecule has 0 aliphatic carbocycles. The van der Waals surface area contributed by atoms with Crippen molar-refractivity contribution < 1.29 is 9.18 Å². The monoisotopic (exact) mass is 357 g/mol. The number of benzene rings is 1. The van der Waals surface area contributed by atoms with Crippen LogP contribution in [-0.4, -0.2) is 37.0 Å². The van der Waals surface area contributed by atoms with Crippen molar-refractivity contribution in [2.45, 2.75) is 25.7 Å². The molecule has 1 saturated heterocycles. The molecule has 3 N–H and O–H groups in total. The summed E-state index contributed by atoms with van der Waals surface area (Å²) in [7, 11) is 0. The number of amides is 1. The number of carbonyl (C=O) groups excluding carboxylic acids is 1. The molecule has 0 radical (unpaired) electrons. The highest BCUT2D eigenvalue weighted by atomic mass is 79.9. The Morgan fingerprint density at radius 1 is 1.33 bits per heavy atom. The molecule has 0 saturated carbocycles. The van der Waals surface area contributed by atoms with Crippen molar-refractivity contribution in [2.75, 3.05) is 31.9 Å². The van der Waals surface area contributed by atoms with E-state index in [2.05, 4.69) is 26.1 Å². The largest absolute Gasteiger partial charge is 0.396 e. The number of nitrogens with zero attached hydrogens (tertiary/aromatic N) is 1. The second kappa shape index (κ2) is 7.75. The topological polar surface area (TPSA) is 58.4 Å². The number of nitrogens with one attached hydrogen (secondary N) is 1. The van der Waals surface area contributed by atoms with Gasteiger partial charge in [-0.2, -0.15) is 0 Å². The molecule has 4 nitrogen and oxygen atoms in total. The van der Waals surface area contributed by atoms with E-state index in [1.807, 2.05) is 0 Å². The average molecular weight is 358 g/mol. The minimum Gasteiger partial charge on any atom is -0.396 e. The molecular weight excluding hydrogens is 337 g/mol. The predicted molar refractivity (Wildman–Crippen MR) is 85.8 cm³/mol. The molecule has 1 amide bonds. The third-order valence-corrected chi connectivity index (χ3v) is 4.37. The summed E-state index contributed by atoms with van der Waals surface area (Å²) >= 11 is 3.19. The quantitative estimate of drug-likeness (QED) is 0.629. The molecular formula is C15H21BrFN3O. The lowest BCUT2D eigenvalue weighted by Crippen LogP contribution is -2.33. The number of likely N-dealkylation sites (tertiary alicyclic amines) is 1. The first kappa shape index (κ1) is 16.2. The lowest BCUT2D eigenvalue weighted by molar-refractivity contribution is 0.0950. The number of piperidine rings is 1. The Bertz CT molecular complexity index is 504. The Kier molecular flexibility index (Phi) is 5.99. The van der Waals surface area contributed by atoms with E-state index in [0.29, 0.717) is 16.6 Å². The molecule has 0 atom stereocenters. The average Bonchev–Trinajstić information content (AvgIpc) is 2.48. The van der Waals surface area contributed by atoms with Crippen LogP contribution in [0.2, 0.25) is 0 Å². The fourth-order valence-electron chi connectivity index (χ4n) is 2.52. The number of nitrogen functional groups attached to an aromatic ring is 1. The second-order valence-corrected chi connectivity index (χ2v) is 6.22. The van der Waals surface area contributed by atoms with Gasteiger partial charge in [-0.25, -0.2) is 4.39 Å². The Morgan fingerprint density at radius 2 is 2.05 bits per heavy atom. The van der Waals surface area contributed by atoms with Crippen LogP contribution >= 0.6 is 15.9 Å². The molecule has 21 heavy (non-hydrogen) atoms. The number of rotatable bonds is 5. The summed E-state index contributed by atoms with van der Waals surface area (Å²) in [5, 5.41) is 2.85. The molecule has 0 unspecified atom stereocenters. The molecule has 1 aromatic rings. The van der Waals surface area contributed by atoms with Crippen molar-refractivity contribution in [1.82, 2.24) is 10.2 Å². The van der Waals surface area contributed by atoms with E-state index in [0.717, 1.165) is 26.1 Å². The third-order valence-electron chi connectivity index (χ3n) is 3.72. The van der Waals surface area contributed by atoms with Crippen LogP contribution in [0.25, 0.3) is 0 Å². The maximum atomic E-state index is 13.2. The maximum Gasteiger partial charge on any atom is 0.252 e. The van der Waals surface area contributed by atoms with Crippen molar-refractivity contribution in [3.05, 3.63) is 28.0 Å². The first-order valence-corrected chi connectivity index (χ1v) is 8.12. The normalized spacial score (nSPS) is 15.9. The van der Waals surface area contributed by atoms with Gasteiger partial charge in [0, 0.05) is 11.0 Å². The minimum absolute atomic E-state index is 0.0170. The van der Waals surface area contributed by atoms with Crippen LogP contribution < -0.4 is 11.1 Å². The van der Waals surface area contributed by atoms with E-state index < -0.39 is 5.82 Å². The van der Waals surface area contributed by atoms with Crippen molar-refractivity contribution in [2.24, 2.45) is 0 Å². The molecule has 116 valence electrons. The van der Waals surface area contributed by atoms with E-state index in [9.17, 15) is 9.18 Å². The number of nitrogens with two attached hydrogens (primary N) is 1. The summed E-state index contributed by atoms with van der Waals surface area (Å²) in [6.45, 7) is 3.94. The summed E-state index contributed by atoms with van der Waals surface area (Å²) in [4.78, 5) is 14.5. The first-order chi connectivity index (χ1) is 10.1. The van der Waals surface area contributed by atoms with Gasteiger partial charge in [-0.15, -0.1) is 0 Å². The molecule has 1 aromatic carbocycles. The van der Waals surface area contributed by atoms with E-state index in [1.165, 1.54) is 31.4 Å². The van der Waals surface area contributed by atoms with Gasteiger partial charge >= 0.3 is 0 Å². The molecule has 0 aromatic heterocycles. The van der Waals surface area contributed by atoms with Gasteiger partial charge in [-0.1, -0.05) is 6.42 Å². The molecule has 2 rings (SSSR count). The van der Waals surface area contributed by atoms with Crippen LogP contribution in [0.15, 0.2) is 16.6 Å². The standard InChI is InChI=1S/C15H21BrFN3O/c16-12-10-13(17)14(18)9-11(12)15(21)19-5-4-8-20-6-2-1-3-7-20/h9-10H,1-8,18H2,(H,19,21). The number of hydrogen-bond acceptors (Lipinski definition) is 3. The fourth-order valence-corrected chi connectivity index (χ4v) is 3.02. The lowest BCUT2D eigenvalue weighted by atomic mass is 10.1. The fraction of sp³-hybridized carbons (Fsp3) is 0.533. The first-order valence-electron chi connectivity index (χ1n) is 7.33. The second-order valence-electron chi connectivity index (χ2n) is 5.37.